The van der Waals surface area contributed by atoms with Gasteiger partial charge in [0.05, 0.1) is 11.4 Å². The molecule has 2 aromatic heterocycles. The first kappa shape index (κ1) is 15.6. The second-order valence-electron chi connectivity index (χ2n) is 4.82. The monoisotopic (exact) mass is 345 g/mol. The summed E-state index contributed by atoms with van der Waals surface area (Å²) in [6, 6.07) is 15.2. The molecule has 0 radical (unpaired) electrons. The molecule has 2 heterocycles. The topological polar surface area (TPSA) is 72.8 Å². The van der Waals surface area contributed by atoms with Gasteiger partial charge >= 0.3 is 0 Å². The highest BCUT2D eigenvalue weighted by Crippen LogP contribution is 2.21. The average molecular weight is 346 g/mol. The van der Waals surface area contributed by atoms with Gasteiger partial charge < -0.3 is 0 Å². The SMILES string of the molecule is O=S(=O)(Cc1ccccc1Cl)c1ccc(-c2ccccn2)nn1. The highest BCUT2D eigenvalue weighted by molar-refractivity contribution is 7.90. The molecule has 116 valence electrons. The quantitative estimate of drug-likeness (QED) is 0.726. The maximum atomic E-state index is 12.4. The van der Waals surface area contributed by atoms with E-state index < -0.39 is 9.84 Å². The summed E-state index contributed by atoms with van der Waals surface area (Å²) < 4.78 is 24.8. The maximum Gasteiger partial charge on any atom is 0.201 e. The highest BCUT2D eigenvalue weighted by atomic mass is 35.5. The molecular formula is C16H12ClN3O2S. The van der Waals surface area contributed by atoms with Crippen LogP contribution in [0.2, 0.25) is 5.02 Å². The van der Waals surface area contributed by atoms with Crippen LogP contribution in [0, 0.1) is 0 Å². The van der Waals surface area contributed by atoms with E-state index in [2.05, 4.69) is 15.2 Å². The molecule has 0 fully saturated rings. The Balaban J connectivity index is 1.88. The van der Waals surface area contributed by atoms with Crippen molar-refractivity contribution in [2.45, 2.75) is 10.8 Å². The number of benzene rings is 1. The molecule has 0 atom stereocenters. The Morgan fingerprint density at radius 1 is 0.870 bits per heavy atom. The van der Waals surface area contributed by atoms with E-state index in [0.717, 1.165) is 0 Å². The summed E-state index contributed by atoms with van der Waals surface area (Å²) in [7, 11) is -3.61. The molecule has 0 aliphatic heterocycles. The van der Waals surface area contributed by atoms with Crippen LogP contribution in [0.3, 0.4) is 0 Å². The van der Waals surface area contributed by atoms with Crippen molar-refractivity contribution >= 4 is 21.4 Å². The Morgan fingerprint density at radius 3 is 2.30 bits per heavy atom. The van der Waals surface area contributed by atoms with Crippen molar-refractivity contribution in [2.24, 2.45) is 0 Å². The number of sulfone groups is 1. The number of nitrogens with zero attached hydrogens (tertiary/aromatic N) is 3. The zero-order chi connectivity index (χ0) is 16.3. The molecule has 0 saturated carbocycles. The van der Waals surface area contributed by atoms with E-state index in [-0.39, 0.29) is 10.8 Å². The minimum absolute atomic E-state index is 0.0860. The van der Waals surface area contributed by atoms with E-state index in [9.17, 15) is 8.42 Å². The van der Waals surface area contributed by atoms with Gasteiger partial charge in [-0.3, -0.25) is 4.98 Å². The van der Waals surface area contributed by atoms with E-state index in [0.29, 0.717) is 22.0 Å². The molecule has 1 aromatic carbocycles. The van der Waals surface area contributed by atoms with Gasteiger partial charge in [-0.05, 0) is 35.9 Å². The summed E-state index contributed by atoms with van der Waals surface area (Å²) in [6.07, 6.45) is 1.64. The van der Waals surface area contributed by atoms with Crippen molar-refractivity contribution in [3.05, 3.63) is 71.4 Å². The molecule has 5 nitrogen and oxygen atoms in total. The fraction of sp³-hybridized carbons (Fsp3) is 0.0625. The van der Waals surface area contributed by atoms with Crippen LogP contribution < -0.4 is 0 Å². The number of pyridine rings is 1. The third-order valence-electron chi connectivity index (χ3n) is 3.19. The summed E-state index contributed by atoms with van der Waals surface area (Å²) >= 11 is 6.01. The van der Waals surface area contributed by atoms with Crippen LogP contribution in [0.4, 0.5) is 0 Å². The molecule has 0 amide bonds. The van der Waals surface area contributed by atoms with Gasteiger partial charge in [0.15, 0.2) is 5.03 Å². The normalized spacial score (nSPS) is 11.3. The number of halogens is 1. The van der Waals surface area contributed by atoms with Crippen molar-refractivity contribution in [2.75, 3.05) is 0 Å². The minimum atomic E-state index is -3.61. The molecule has 0 bridgehead atoms. The molecule has 0 spiro atoms. The van der Waals surface area contributed by atoms with Gasteiger partial charge in [-0.25, -0.2) is 8.42 Å². The number of rotatable bonds is 4. The lowest BCUT2D eigenvalue weighted by atomic mass is 10.2. The Kier molecular flexibility index (Phi) is 4.36. The predicted molar refractivity (Wildman–Crippen MR) is 87.6 cm³/mol. The number of aromatic nitrogens is 3. The van der Waals surface area contributed by atoms with Crippen molar-refractivity contribution in [1.29, 1.82) is 0 Å². The van der Waals surface area contributed by atoms with Crippen molar-refractivity contribution in [3.63, 3.8) is 0 Å². The fourth-order valence-corrected chi connectivity index (χ4v) is 3.56. The number of hydrogen-bond acceptors (Lipinski definition) is 5. The summed E-state index contributed by atoms with van der Waals surface area (Å²) in [5.74, 6) is -0.218. The summed E-state index contributed by atoms with van der Waals surface area (Å²) in [6.45, 7) is 0. The van der Waals surface area contributed by atoms with Crippen LogP contribution in [0.25, 0.3) is 11.4 Å². The molecule has 3 aromatic rings. The van der Waals surface area contributed by atoms with Crippen LogP contribution in [0.15, 0.2) is 65.8 Å². The summed E-state index contributed by atoms with van der Waals surface area (Å²) in [5, 5.41) is 8.11. The van der Waals surface area contributed by atoms with Gasteiger partial charge in [-0.1, -0.05) is 35.9 Å². The zero-order valence-electron chi connectivity index (χ0n) is 11.9. The van der Waals surface area contributed by atoms with Gasteiger partial charge in [-0.15, -0.1) is 10.2 Å². The molecule has 23 heavy (non-hydrogen) atoms. The predicted octanol–water partition coefficient (Wildman–Crippen LogP) is 3.17. The number of hydrogen-bond donors (Lipinski definition) is 0. The van der Waals surface area contributed by atoms with Gasteiger partial charge in [-0.2, -0.15) is 0 Å². The van der Waals surface area contributed by atoms with E-state index in [1.807, 2.05) is 6.07 Å². The van der Waals surface area contributed by atoms with Crippen LogP contribution in [-0.4, -0.2) is 23.6 Å². The van der Waals surface area contributed by atoms with Crippen LogP contribution >= 0.6 is 11.6 Å². The first-order valence-corrected chi connectivity index (χ1v) is 8.80. The molecule has 0 unspecified atom stereocenters. The second kappa shape index (κ2) is 6.44. The van der Waals surface area contributed by atoms with Crippen molar-refractivity contribution in [1.82, 2.24) is 15.2 Å². The Morgan fingerprint density at radius 2 is 1.65 bits per heavy atom. The molecule has 3 rings (SSSR count). The lowest BCUT2D eigenvalue weighted by molar-refractivity contribution is 0.589. The Bertz CT molecular complexity index is 914. The molecule has 0 N–H and O–H groups in total. The molecule has 0 aliphatic carbocycles. The standard InChI is InChI=1S/C16H12ClN3O2S/c17-13-6-2-1-5-12(13)11-23(21,22)16-9-8-15(19-20-16)14-7-3-4-10-18-14/h1-10H,11H2. The lowest BCUT2D eigenvalue weighted by Gasteiger charge is -2.06. The molecule has 7 heteroatoms. The third kappa shape index (κ3) is 3.55. The smallest absolute Gasteiger partial charge is 0.201 e. The van der Waals surface area contributed by atoms with Gasteiger partial charge in [0.1, 0.15) is 5.69 Å². The van der Waals surface area contributed by atoms with E-state index in [4.69, 9.17) is 11.6 Å². The van der Waals surface area contributed by atoms with Crippen LogP contribution in [0.5, 0.6) is 0 Å². The molecule has 0 saturated heterocycles. The third-order valence-corrected chi connectivity index (χ3v) is 5.10. The average Bonchev–Trinajstić information content (AvgIpc) is 2.58. The molecular weight excluding hydrogens is 334 g/mol. The van der Waals surface area contributed by atoms with Gasteiger partial charge in [0.25, 0.3) is 0 Å². The first-order valence-electron chi connectivity index (χ1n) is 6.77. The van der Waals surface area contributed by atoms with E-state index in [1.165, 1.54) is 6.07 Å². The van der Waals surface area contributed by atoms with E-state index >= 15 is 0 Å². The zero-order valence-corrected chi connectivity index (χ0v) is 13.5. The first-order chi connectivity index (χ1) is 11.1. The highest BCUT2D eigenvalue weighted by Gasteiger charge is 2.19. The van der Waals surface area contributed by atoms with Crippen molar-refractivity contribution in [3.8, 4) is 11.4 Å². The maximum absolute atomic E-state index is 12.4. The molecule has 0 aliphatic rings. The van der Waals surface area contributed by atoms with Gasteiger partial charge in [0.2, 0.25) is 9.84 Å². The van der Waals surface area contributed by atoms with Crippen LogP contribution in [0.1, 0.15) is 5.56 Å². The van der Waals surface area contributed by atoms with Crippen LogP contribution in [-0.2, 0) is 15.6 Å². The van der Waals surface area contributed by atoms with Gasteiger partial charge in [0, 0.05) is 11.2 Å². The Hall–Kier alpha value is -2.31. The lowest BCUT2D eigenvalue weighted by Crippen LogP contribution is -2.08. The minimum Gasteiger partial charge on any atom is -0.255 e. The Labute approximate surface area is 138 Å². The van der Waals surface area contributed by atoms with Crippen molar-refractivity contribution < 1.29 is 8.42 Å². The second-order valence-corrected chi connectivity index (χ2v) is 7.17. The fourth-order valence-electron chi connectivity index (χ4n) is 2.03. The summed E-state index contributed by atoms with van der Waals surface area (Å²) in [4.78, 5) is 4.15. The van der Waals surface area contributed by atoms with E-state index in [1.54, 1.807) is 48.7 Å². The largest absolute Gasteiger partial charge is 0.255 e. The summed E-state index contributed by atoms with van der Waals surface area (Å²) in [5.41, 5.74) is 1.68.